The number of carboxylic acid groups (broad SMARTS) is 2. The molecule has 2 aromatic rings. The summed E-state index contributed by atoms with van der Waals surface area (Å²) in [6.07, 6.45) is -0.588. The zero-order chi connectivity index (χ0) is 18.8. The fourth-order valence-corrected chi connectivity index (χ4v) is 2.71. The minimum Gasteiger partial charge on any atom is -0.481 e. The number of carbonyl (C=O) groups excluding carboxylic acids is 2. The Labute approximate surface area is 147 Å². The summed E-state index contributed by atoms with van der Waals surface area (Å²) in [4.78, 5) is 47.7. The molecule has 3 rings (SSSR count). The number of hydrogen-bond donors (Lipinski definition) is 3. The standard InChI is InChI=1S/C18H14N2O6/c21-15(22)9-14(18(25)26)19-10-5-7-11(8-6-10)20-16(23)12-3-1-2-4-13(12)17(20)24/h1-8,14,19H,9H2,(H,21,22)(H,25,26)/t14-/m0/s1. The van der Waals surface area contributed by atoms with Crippen LogP contribution in [0.5, 0.6) is 0 Å². The summed E-state index contributed by atoms with van der Waals surface area (Å²) in [6.45, 7) is 0. The first-order valence-electron chi connectivity index (χ1n) is 7.67. The quantitative estimate of drug-likeness (QED) is 0.676. The summed E-state index contributed by atoms with van der Waals surface area (Å²) in [5, 5.41) is 20.4. The third-order valence-electron chi connectivity index (χ3n) is 3.94. The second kappa shape index (κ2) is 6.67. The molecule has 8 nitrogen and oxygen atoms in total. The molecule has 3 N–H and O–H groups in total. The van der Waals surface area contributed by atoms with Crippen molar-refractivity contribution in [1.82, 2.24) is 0 Å². The second-order valence-electron chi connectivity index (χ2n) is 5.67. The normalized spacial score (nSPS) is 14.1. The van der Waals surface area contributed by atoms with Gasteiger partial charge in [0, 0.05) is 5.69 Å². The maximum atomic E-state index is 12.4. The van der Waals surface area contributed by atoms with Crippen LogP contribution in [0.2, 0.25) is 0 Å². The molecule has 0 aliphatic carbocycles. The van der Waals surface area contributed by atoms with Crippen molar-refractivity contribution < 1.29 is 29.4 Å². The lowest BCUT2D eigenvalue weighted by atomic mass is 10.1. The first-order chi connectivity index (χ1) is 12.4. The number of aliphatic carboxylic acids is 2. The van der Waals surface area contributed by atoms with Crippen molar-refractivity contribution in [1.29, 1.82) is 0 Å². The highest BCUT2D eigenvalue weighted by atomic mass is 16.4. The highest BCUT2D eigenvalue weighted by molar-refractivity contribution is 6.34. The molecule has 1 heterocycles. The van der Waals surface area contributed by atoms with Crippen molar-refractivity contribution in [3.8, 4) is 0 Å². The van der Waals surface area contributed by atoms with Crippen molar-refractivity contribution in [2.75, 3.05) is 10.2 Å². The van der Waals surface area contributed by atoms with E-state index in [1.54, 1.807) is 24.3 Å². The van der Waals surface area contributed by atoms with Crippen LogP contribution in [0.15, 0.2) is 48.5 Å². The van der Waals surface area contributed by atoms with Crippen LogP contribution in [0.25, 0.3) is 0 Å². The lowest BCUT2D eigenvalue weighted by Crippen LogP contribution is -2.32. The van der Waals surface area contributed by atoms with Crippen molar-refractivity contribution in [3.05, 3.63) is 59.7 Å². The van der Waals surface area contributed by atoms with Crippen LogP contribution in [0, 0.1) is 0 Å². The van der Waals surface area contributed by atoms with Gasteiger partial charge in [-0.25, -0.2) is 9.69 Å². The van der Waals surface area contributed by atoms with E-state index in [9.17, 15) is 19.2 Å². The topological polar surface area (TPSA) is 124 Å². The van der Waals surface area contributed by atoms with Gasteiger partial charge in [-0.1, -0.05) is 12.1 Å². The van der Waals surface area contributed by atoms with E-state index in [-0.39, 0.29) is 0 Å². The third-order valence-corrected chi connectivity index (χ3v) is 3.94. The third kappa shape index (κ3) is 3.12. The molecule has 1 atom stereocenters. The monoisotopic (exact) mass is 354 g/mol. The number of imide groups is 1. The molecule has 0 radical (unpaired) electrons. The second-order valence-corrected chi connectivity index (χ2v) is 5.67. The summed E-state index contributed by atoms with van der Waals surface area (Å²) >= 11 is 0. The summed E-state index contributed by atoms with van der Waals surface area (Å²) in [7, 11) is 0. The molecule has 0 bridgehead atoms. The lowest BCUT2D eigenvalue weighted by molar-refractivity contribution is -0.144. The van der Waals surface area contributed by atoms with Gasteiger partial charge in [0.05, 0.1) is 23.2 Å². The Hall–Kier alpha value is -3.68. The molecular formula is C18H14N2O6. The highest BCUT2D eigenvalue weighted by Crippen LogP contribution is 2.29. The molecule has 0 saturated carbocycles. The molecule has 0 unspecified atom stereocenters. The number of benzene rings is 2. The molecule has 1 aliphatic heterocycles. The van der Waals surface area contributed by atoms with Crippen LogP contribution in [0.4, 0.5) is 11.4 Å². The molecule has 132 valence electrons. The number of nitrogens with zero attached hydrogens (tertiary/aromatic N) is 1. The van der Waals surface area contributed by atoms with Gasteiger partial charge in [0.2, 0.25) is 0 Å². The molecule has 8 heteroatoms. The highest BCUT2D eigenvalue weighted by Gasteiger charge is 2.36. The van der Waals surface area contributed by atoms with Crippen LogP contribution in [0.3, 0.4) is 0 Å². The van der Waals surface area contributed by atoms with E-state index in [0.717, 1.165) is 4.90 Å². The number of anilines is 2. The van der Waals surface area contributed by atoms with Crippen LogP contribution in [-0.4, -0.2) is 40.0 Å². The van der Waals surface area contributed by atoms with Gasteiger partial charge in [-0.3, -0.25) is 14.4 Å². The van der Waals surface area contributed by atoms with E-state index >= 15 is 0 Å². The Morgan fingerprint density at radius 1 is 0.923 bits per heavy atom. The lowest BCUT2D eigenvalue weighted by Gasteiger charge is -2.17. The van der Waals surface area contributed by atoms with Crippen LogP contribution >= 0.6 is 0 Å². The van der Waals surface area contributed by atoms with Crippen molar-refractivity contribution in [3.63, 3.8) is 0 Å². The molecular weight excluding hydrogens is 340 g/mol. The predicted molar refractivity (Wildman–Crippen MR) is 91.3 cm³/mol. The Balaban J connectivity index is 1.80. The number of nitrogens with one attached hydrogen (secondary N) is 1. The van der Waals surface area contributed by atoms with E-state index < -0.39 is 36.2 Å². The van der Waals surface area contributed by atoms with E-state index in [2.05, 4.69) is 5.32 Å². The van der Waals surface area contributed by atoms with Gasteiger partial charge in [-0.05, 0) is 36.4 Å². The molecule has 0 saturated heterocycles. The summed E-state index contributed by atoms with van der Waals surface area (Å²) < 4.78 is 0. The van der Waals surface area contributed by atoms with E-state index in [1.807, 2.05) is 0 Å². The van der Waals surface area contributed by atoms with E-state index in [4.69, 9.17) is 10.2 Å². The number of carbonyl (C=O) groups is 4. The van der Waals surface area contributed by atoms with Gasteiger partial charge in [0.15, 0.2) is 0 Å². The fourth-order valence-electron chi connectivity index (χ4n) is 2.71. The van der Waals surface area contributed by atoms with Gasteiger partial charge < -0.3 is 15.5 Å². The van der Waals surface area contributed by atoms with E-state index in [0.29, 0.717) is 22.5 Å². The Morgan fingerprint density at radius 3 is 1.92 bits per heavy atom. The average molecular weight is 354 g/mol. The van der Waals surface area contributed by atoms with Gasteiger partial charge in [0.25, 0.3) is 11.8 Å². The number of fused-ring (bicyclic) bond motifs is 1. The number of carboxylic acids is 2. The zero-order valence-electron chi connectivity index (χ0n) is 13.4. The maximum absolute atomic E-state index is 12.4. The van der Waals surface area contributed by atoms with Crippen LogP contribution < -0.4 is 10.2 Å². The Kier molecular flexibility index (Phi) is 4.40. The molecule has 1 aliphatic rings. The molecule has 0 aromatic heterocycles. The predicted octanol–water partition coefficient (Wildman–Crippen LogP) is 1.83. The van der Waals surface area contributed by atoms with Crippen LogP contribution in [-0.2, 0) is 9.59 Å². The van der Waals surface area contributed by atoms with Crippen molar-refractivity contribution >= 4 is 35.1 Å². The average Bonchev–Trinajstić information content (AvgIpc) is 2.86. The van der Waals surface area contributed by atoms with E-state index in [1.165, 1.54) is 24.3 Å². The minimum atomic E-state index is -1.29. The van der Waals surface area contributed by atoms with Gasteiger partial charge in [-0.15, -0.1) is 0 Å². The number of rotatable bonds is 6. The number of hydrogen-bond acceptors (Lipinski definition) is 5. The molecule has 2 amide bonds. The maximum Gasteiger partial charge on any atom is 0.326 e. The first kappa shape index (κ1) is 17.2. The van der Waals surface area contributed by atoms with Crippen molar-refractivity contribution in [2.45, 2.75) is 12.5 Å². The molecule has 26 heavy (non-hydrogen) atoms. The largest absolute Gasteiger partial charge is 0.481 e. The zero-order valence-corrected chi connectivity index (χ0v) is 13.4. The first-order valence-corrected chi connectivity index (χ1v) is 7.67. The fraction of sp³-hybridized carbons (Fsp3) is 0.111. The summed E-state index contributed by atoms with van der Waals surface area (Å²) in [6, 6.07) is 11.2. The Morgan fingerprint density at radius 2 is 1.46 bits per heavy atom. The van der Waals surface area contributed by atoms with Gasteiger partial charge in [0.1, 0.15) is 6.04 Å². The SMILES string of the molecule is O=C(O)C[C@H](Nc1ccc(N2C(=O)c3ccccc3C2=O)cc1)C(=O)O. The smallest absolute Gasteiger partial charge is 0.326 e. The van der Waals surface area contributed by atoms with Gasteiger partial charge >= 0.3 is 11.9 Å². The summed E-state index contributed by atoms with van der Waals surface area (Å²) in [5.41, 5.74) is 1.35. The minimum absolute atomic E-state index is 0.326. The number of amides is 2. The van der Waals surface area contributed by atoms with Gasteiger partial charge in [-0.2, -0.15) is 0 Å². The van der Waals surface area contributed by atoms with Crippen molar-refractivity contribution in [2.24, 2.45) is 0 Å². The molecule has 0 spiro atoms. The molecule has 2 aromatic carbocycles. The van der Waals surface area contributed by atoms with Crippen LogP contribution in [0.1, 0.15) is 27.1 Å². The molecule has 0 fully saturated rings. The Bertz CT molecular complexity index is 871. The summed E-state index contributed by atoms with van der Waals surface area (Å²) in [5.74, 6) is -3.40.